The molecule has 0 spiro atoms. The van der Waals surface area contributed by atoms with E-state index in [2.05, 4.69) is 15.8 Å². The maximum absolute atomic E-state index is 13.0. The van der Waals surface area contributed by atoms with Crippen LogP contribution in [-0.4, -0.2) is 42.4 Å². The van der Waals surface area contributed by atoms with Crippen LogP contribution in [0, 0.1) is 10.1 Å². The van der Waals surface area contributed by atoms with Crippen LogP contribution in [0.2, 0.25) is 0 Å². The average Bonchev–Trinajstić information content (AvgIpc) is 2.72. The summed E-state index contributed by atoms with van der Waals surface area (Å²) in [6.07, 6.45) is 0. The van der Waals surface area contributed by atoms with Crippen LogP contribution < -0.4 is 10.7 Å². The van der Waals surface area contributed by atoms with E-state index < -0.39 is 14.9 Å². The molecule has 0 aliphatic rings. The number of carbonyl (C=O) groups excluding carboxylic acids is 1. The maximum atomic E-state index is 13.0. The molecule has 0 fully saturated rings. The Bertz CT molecular complexity index is 1110. The minimum Gasteiger partial charge on any atom is -0.326 e. The second-order valence-electron chi connectivity index (χ2n) is 6.60. The van der Waals surface area contributed by atoms with Crippen LogP contribution in [0.25, 0.3) is 0 Å². The third-order valence-electron chi connectivity index (χ3n) is 4.44. The number of hydrazone groups is 1. The zero-order valence-corrected chi connectivity index (χ0v) is 18.6. The van der Waals surface area contributed by atoms with Gasteiger partial charge in [-0.1, -0.05) is 26.0 Å². The van der Waals surface area contributed by atoms with Gasteiger partial charge in [0.15, 0.2) is 0 Å². The molecule has 0 saturated carbocycles. The number of benzene rings is 2. The van der Waals surface area contributed by atoms with E-state index in [9.17, 15) is 23.3 Å². The number of rotatable bonds is 9. The molecule has 0 bridgehead atoms. The Morgan fingerprint density at radius 3 is 2.39 bits per heavy atom. The Morgan fingerprint density at radius 2 is 1.81 bits per heavy atom. The third kappa shape index (κ3) is 5.86. The number of carbonyl (C=O) groups is 1. The molecule has 2 aromatic carbocycles. The number of hydrogen-bond acceptors (Lipinski definition) is 7. The summed E-state index contributed by atoms with van der Waals surface area (Å²) >= 11 is 0. The zero-order valence-electron chi connectivity index (χ0n) is 17.7. The van der Waals surface area contributed by atoms with Crippen molar-refractivity contribution in [2.45, 2.75) is 32.6 Å². The lowest BCUT2D eigenvalue weighted by atomic mass is 10.1. The van der Waals surface area contributed by atoms with E-state index in [1.807, 2.05) is 0 Å². The fraction of sp³-hybridized carbons (Fsp3) is 0.300. The molecule has 0 saturated heterocycles. The van der Waals surface area contributed by atoms with E-state index in [4.69, 9.17) is 0 Å². The Balaban J connectivity index is 2.45. The lowest BCUT2D eigenvalue weighted by molar-refractivity contribution is -0.385. The predicted molar refractivity (Wildman–Crippen MR) is 120 cm³/mol. The minimum absolute atomic E-state index is 0.120. The Kier molecular flexibility index (Phi) is 7.83. The van der Waals surface area contributed by atoms with Crippen molar-refractivity contribution in [2.75, 3.05) is 23.8 Å². The fourth-order valence-electron chi connectivity index (χ4n) is 2.87. The normalized spacial score (nSPS) is 12.0. The number of nitrogens with one attached hydrogen (secondary N) is 2. The molecule has 0 atom stereocenters. The molecule has 0 unspecified atom stereocenters. The van der Waals surface area contributed by atoms with Gasteiger partial charge in [-0.3, -0.25) is 20.3 Å². The van der Waals surface area contributed by atoms with Gasteiger partial charge in [0.05, 0.1) is 16.3 Å². The van der Waals surface area contributed by atoms with Crippen molar-refractivity contribution in [3.05, 3.63) is 58.1 Å². The standard InChI is InChI=1S/C20H25N5O5S/c1-5-24(6-2)31(29,30)20-13-18(25(27)28)10-11-19(20)23-22-14(3)16-8-7-9-17(12-16)21-15(4)26/h7-13,23H,5-6H2,1-4H3,(H,21,26)/b22-14-. The highest BCUT2D eigenvalue weighted by molar-refractivity contribution is 7.89. The van der Waals surface area contributed by atoms with E-state index in [0.29, 0.717) is 17.0 Å². The third-order valence-corrected chi connectivity index (χ3v) is 6.53. The quantitative estimate of drug-likeness (QED) is 0.344. The molecular weight excluding hydrogens is 422 g/mol. The summed E-state index contributed by atoms with van der Waals surface area (Å²) in [7, 11) is -3.97. The number of nitrogens with zero attached hydrogens (tertiary/aromatic N) is 3. The Hall–Kier alpha value is -3.31. The van der Waals surface area contributed by atoms with E-state index in [0.717, 1.165) is 6.07 Å². The van der Waals surface area contributed by atoms with Crippen LogP contribution in [0.4, 0.5) is 17.1 Å². The van der Waals surface area contributed by atoms with Crippen molar-refractivity contribution in [2.24, 2.45) is 5.10 Å². The number of nitro benzene ring substituents is 1. The van der Waals surface area contributed by atoms with Gasteiger partial charge >= 0.3 is 0 Å². The molecule has 10 nitrogen and oxygen atoms in total. The maximum Gasteiger partial charge on any atom is 0.270 e. The lowest BCUT2D eigenvalue weighted by Gasteiger charge is -2.20. The highest BCUT2D eigenvalue weighted by atomic mass is 32.2. The molecule has 0 radical (unpaired) electrons. The van der Waals surface area contributed by atoms with Crippen molar-refractivity contribution >= 4 is 38.7 Å². The van der Waals surface area contributed by atoms with Crippen molar-refractivity contribution < 1.29 is 18.1 Å². The smallest absolute Gasteiger partial charge is 0.270 e. The lowest BCUT2D eigenvalue weighted by Crippen LogP contribution is -2.31. The first-order chi connectivity index (χ1) is 14.6. The summed E-state index contributed by atoms with van der Waals surface area (Å²) in [5.74, 6) is -0.206. The van der Waals surface area contributed by atoms with Gasteiger partial charge in [0.25, 0.3) is 5.69 Å². The molecule has 2 N–H and O–H groups in total. The zero-order chi connectivity index (χ0) is 23.2. The minimum atomic E-state index is -3.97. The summed E-state index contributed by atoms with van der Waals surface area (Å²) in [5, 5.41) is 18.1. The highest BCUT2D eigenvalue weighted by Gasteiger charge is 2.27. The molecule has 1 amide bonds. The monoisotopic (exact) mass is 447 g/mol. The summed E-state index contributed by atoms with van der Waals surface area (Å²) in [6.45, 7) is 6.94. The van der Waals surface area contributed by atoms with Crippen LogP contribution in [-0.2, 0) is 14.8 Å². The summed E-state index contributed by atoms with van der Waals surface area (Å²) in [4.78, 5) is 21.6. The number of anilines is 2. The van der Waals surface area contributed by atoms with Crippen molar-refractivity contribution in [3.63, 3.8) is 0 Å². The average molecular weight is 448 g/mol. The van der Waals surface area contributed by atoms with Crippen molar-refractivity contribution in [1.29, 1.82) is 0 Å². The van der Waals surface area contributed by atoms with Gasteiger partial charge in [0.2, 0.25) is 15.9 Å². The molecule has 31 heavy (non-hydrogen) atoms. The van der Waals surface area contributed by atoms with Gasteiger partial charge < -0.3 is 5.32 Å². The van der Waals surface area contributed by atoms with E-state index in [1.54, 1.807) is 45.0 Å². The topological polar surface area (TPSA) is 134 Å². The largest absolute Gasteiger partial charge is 0.326 e. The first kappa shape index (κ1) is 24.0. The number of amides is 1. The summed E-state index contributed by atoms with van der Waals surface area (Å²) in [6, 6.07) is 10.6. The molecule has 0 aromatic heterocycles. The molecule has 11 heteroatoms. The van der Waals surface area contributed by atoms with Gasteiger partial charge in [-0.15, -0.1) is 0 Å². The molecule has 166 valence electrons. The fourth-order valence-corrected chi connectivity index (χ4v) is 4.49. The summed E-state index contributed by atoms with van der Waals surface area (Å²) < 4.78 is 27.3. The Morgan fingerprint density at radius 1 is 1.13 bits per heavy atom. The first-order valence-corrected chi connectivity index (χ1v) is 11.0. The molecule has 2 rings (SSSR count). The van der Waals surface area contributed by atoms with Crippen LogP contribution in [0.1, 0.15) is 33.3 Å². The molecule has 0 heterocycles. The number of nitro groups is 1. The highest BCUT2D eigenvalue weighted by Crippen LogP contribution is 2.29. The van der Waals surface area contributed by atoms with Crippen molar-refractivity contribution in [3.8, 4) is 0 Å². The van der Waals surface area contributed by atoms with E-state index >= 15 is 0 Å². The number of non-ortho nitro benzene ring substituents is 1. The second kappa shape index (κ2) is 10.1. The molecule has 2 aromatic rings. The van der Waals surface area contributed by atoms with Gasteiger partial charge in [0.1, 0.15) is 4.90 Å². The molecular formula is C20H25N5O5S. The molecule has 0 aliphatic carbocycles. The Labute approximate surface area is 181 Å². The van der Waals surface area contributed by atoms with Gasteiger partial charge in [-0.25, -0.2) is 8.42 Å². The van der Waals surface area contributed by atoms with E-state index in [1.165, 1.54) is 23.4 Å². The van der Waals surface area contributed by atoms with Crippen LogP contribution in [0.5, 0.6) is 0 Å². The number of hydrogen-bond donors (Lipinski definition) is 2. The van der Waals surface area contributed by atoms with Crippen LogP contribution in [0.3, 0.4) is 0 Å². The predicted octanol–water partition coefficient (Wildman–Crippen LogP) is 3.42. The van der Waals surface area contributed by atoms with Crippen molar-refractivity contribution in [1.82, 2.24) is 4.31 Å². The first-order valence-electron chi connectivity index (χ1n) is 9.57. The van der Waals surface area contributed by atoms with Gasteiger partial charge in [0, 0.05) is 37.8 Å². The summed E-state index contributed by atoms with van der Waals surface area (Å²) in [5.41, 5.74) is 4.33. The number of sulfonamides is 1. The SMILES string of the molecule is CCN(CC)S(=O)(=O)c1cc([N+](=O)[O-])ccc1N/N=C(/C)c1cccc(NC(C)=O)c1. The van der Waals surface area contributed by atoms with Crippen LogP contribution in [0.15, 0.2) is 52.5 Å². The van der Waals surface area contributed by atoms with E-state index in [-0.39, 0.29) is 35.3 Å². The van der Waals surface area contributed by atoms with Crippen LogP contribution >= 0.6 is 0 Å². The molecule has 0 aliphatic heterocycles. The van der Waals surface area contributed by atoms with Gasteiger partial charge in [-0.2, -0.15) is 9.41 Å². The van der Waals surface area contributed by atoms with Gasteiger partial charge in [-0.05, 0) is 30.7 Å². The second-order valence-corrected chi connectivity index (χ2v) is 8.50.